The molecular formula is C26H22N2O3S. The number of nitrogens with zero attached hydrogens (tertiary/aromatic N) is 2. The van der Waals surface area contributed by atoms with Crippen LogP contribution in [0.15, 0.2) is 65.5 Å². The zero-order chi connectivity index (χ0) is 22.2. The predicted molar refractivity (Wildman–Crippen MR) is 129 cm³/mol. The first kappa shape index (κ1) is 20.3. The molecule has 0 amide bonds. The average Bonchev–Trinajstić information content (AvgIpc) is 3.29. The molecule has 0 atom stereocenters. The molecular weight excluding hydrogens is 420 g/mol. The number of rotatable bonds is 5. The van der Waals surface area contributed by atoms with Gasteiger partial charge in [0.1, 0.15) is 6.61 Å². The molecule has 0 radical (unpaired) electrons. The summed E-state index contributed by atoms with van der Waals surface area (Å²) >= 11 is 1.39. The molecule has 2 heterocycles. The Morgan fingerprint density at radius 2 is 1.78 bits per heavy atom. The summed E-state index contributed by atoms with van der Waals surface area (Å²) in [7, 11) is 1.61. The Hall–Kier alpha value is -3.64. The van der Waals surface area contributed by atoms with Gasteiger partial charge in [-0.25, -0.2) is 9.38 Å². The van der Waals surface area contributed by atoms with Crippen LogP contribution in [0.1, 0.15) is 22.3 Å². The third-order valence-corrected chi connectivity index (χ3v) is 6.55. The van der Waals surface area contributed by atoms with E-state index in [2.05, 4.69) is 11.9 Å². The van der Waals surface area contributed by atoms with Crippen molar-refractivity contribution in [1.29, 1.82) is 0 Å². The fourth-order valence-electron chi connectivity index (χ4n) is 3.70. The minimum Gasteiger partial charge on any atom is -0.493 e. The van der Waals surface area contributed by atoms with Gasteiger partial charge in [-0.3, -0.25) is 4.79 Å². The molecule has 160 valence electrons. The highest BCUT2D eigenvalue weighted by Crippen LogP contribution is 2.29. The number of methoxy groups -OCH3 is 1. The summed E-state index contributed by atoms with van der Waals surface area (Å²) in [6, 6.07) is 19.7. The van der Waals surface area contributed by atoms with Crippen molar-refractivity contribution in [3.8, 4) is 11.5 Å². The van der Waals surface area contributed by atoms with E-state index in [1.807, 2.05) is 73.7 Å². The number of aromatic nitrogens is 2. The summed E-state index contributed by atoms with van der Waals surface area (Å²) < 4.78 is 13.8. The zero-order valence-corrected chi connectivity index (χ0v) is 18.9. The highest BCUT2D eigenvalue weighted by atomic mass is 32.1. The number of aryl methyl sites for hydroxylation is 2. The number of imidazole rings is 1. The van der Waals surface area contributed by atoms with Crippen LogP contribution in [0.2, 0.25) is 0 Å². The zero-order valence-electron chi connectivity index (χ0n) is 18.1. The lowest BCUT2D eigenvalue weighted by Gasteiger charge is -2.11. The van der Waals surface area contributed by atoms with Crippen molar-refractivity contribution in [2.45, 2.75) is 20.5 Å². The molecule has 5 aromatic rings. The first-order valence-electron chi connectivity index (χ1n) is 10.3. The molecule has 3 aromatic carbocycles. The van der Waals surface area contributed by atoms with Crippen molar-refractivity contribution >= 4 is 33.4 Å². The van der Waals surface area contributed by atoms with Crippen LogP contribution in [-0.2, 0) is 6.61 Å². The second kappa shape index (κ2) is 8.13. The van der Waals surface area contributed by atoms with E-state index in [1.54, 1.807) is 11.5 Å². The Morgan fingerprint density at radius 3 is 2.56 bits per heavy atom. The first-order valence-corrected chi connectivity index (χ1v) is 11.1. The van der Waals surface area contributed by atoms with Crippen molar-refractivity contribution in [1.82, 2.24) is 9.38 Å². The molecule has 0 spiro atoms. The van der Waals surface area contributed by atoms with Gasteiger partial charge in [0.15, 0.2) is 16.5 Å². The number of hydrogen-bond acceptors (Lipinski definition) is 5. The van der Waals surface area contributed by atoms with Crippen molar-refractivity contribution in [2.24, 2.45) is 0 Å². The third kappa shape index (κ3) is 3.63. The topological polar surface area (TPSA) is 52.8 Å². The molecule has 0 saturated carbocycles. The Kier molecular flexibility index (Phi) is 5.15. The summed E-state index contributed by atoms with van der Waals surface area (Å²) in [6.45, 7) is 4.56. The minimum atomic E-state index is -0.0564. The summed E-state index contributed by atoms with van der Waals surface area (Å²) in [5.41, 5.74) is 5.91. The van der Waals surface area contributed by atoms with E-state index < -0.39 is 0 Å². The molecule has 5 rings (SSSR count). The lowest BCUT2D eigenvalue weighted by molar-refractivity contribution is 0.284. The van der Waals surface area contributed by atoms with Gasteiger partial charge in [0.25, 0.3) is 5.56 Å². The quantitative estimate of drug-likeness (QED) is 0.397. The van der Waals surface area contributed by atoms with Crippen LogP contribution in [0.25, 0.3) is 22.1 Å². The number of thiazole rings is 1. The second-order valence-electron chi connectivity index (χ2n) is 7.76. The average molecular weight is 443 g/mol. The molecule has 0 N–H and O–H groups in total. The predicted octanol–water partition coefficient (Wildman–Crippen LogP) is 4.66. The van der Waals surface area contributed by atoms with Gasteiger partial charge in [-0.15, -0.1) is 0 Å². The summed E-state index contributed by atoms with van der Waals surface area (Å²) in [6.07, 6.45) is 1.87. The highest BCUT2D eigenvalue weighted by molar-refractivity contribution is 7.15. The van der Waals surface area contributed by atoms with Crippen molar-refractivity contribution in [3.63, 3.8) is 0 Å². The van der Waals surface area contributed by atoms with E-state index >= 15 is 0 Å². The van der Waals surface area contributed by atoms with E-state index in [4.69, 9.17) is 9.47 Å². The fourth-order valence-corrected chi connectivity index (χ4v) is 4.69. The molecule has 0 saturated heterocycles. The molecule has 2 aromatic heterocycles. The van der Waals surface area contributed by atoms with Gasteiger partial charge in [-0.1, -0.05) is 47.7 Å². The van der Waals surface area contributed by atoms with Crippen LogP contribution in [0.3, 0.4) is 0 Å². The van der Waals surface area contributed by atoms with E-state index in [9.17, 15) is 4.79 Å². The molecule has 0 aliphatic rings. The van der Waals surface area contributed by atoms with Crippen LogP contribution in [0.5, 0.6) is 11.5 Å². The molecule has 0 unspecified atom stereocenters. The minimum absolute atomic E-state index is 0.0564. The Morgan fingerprint density at radius 1 is 1.00 bits per heavy atom. The van der Waals surface area contributed by atoms with E-state index in [1.165, 1.54) is 16.9 Å². The van der Waals surface area contributed by atoms with Gasteiger partial charge >= 0.3 is 0 Å². The first-order chi connectivity index (χ1) is 15.5. The maximum Gasteiger partial charge on any atom is 0.274 e. The van der Waals surface area contributed by atoms with E-state index in [0.29, 0.717) is 27.6 Å². The third-order valence-electron chi connectivity index (χ3n) is 5.58. The lowest BCUT2D eigenvalue weighted by atomic mass is 10.1. The second-order valence-corrected chi connectivity index (χ2v) is 8.76. The molecule has 0 aliphatic carbocycles. The smallest absolute Gasteiger partial charge is 0.274 e. The molecule has 0 fully saturated rings. The summed E-state index contributed by atoms with van der Waals surface area (Å²) in [4.78, 5) is 18.5. The maximum atomic E-state index is 13.1. The van der Waals surface area contributed by atoms with Gasteiger partial charge in [-0.2, -0.15) is 0 Å². The summed E-state index contributed by atoms with van der Waals surface area (Å²) in [5, 5.41) is 0. The van der Waals surface area contributed by atoms with Gasteiger partial charge in [0.2, 0.25) is 0 Å². The van der Waals surface area contributed by atoms with Crippen LogP contribution < -0.4 is 19.6 Å². The van der Waals surface area contributed by atoms with Gasteiger partial charge < -0.3 is 9.47 Å². The SMILES string of the molecule is COc1cc(C=c2sc3nc4cc(C)c(C)cc4n3c2=O)ccc1OCc1ccccc1. The fraction of sp³-hybridized carbons (Fsp3) is 0.154. The maximum absolute atomic E-state index is 13.1. The summed E-state index contributed by atoms with van der Waals surface area (Å²) in [5.74, 6) is 1.29. The molecule has 5 nitrogen and oxygen atoms in total. The Balaban J connectivity index is 1.51. The molecule has 0 bridgehead atoms. The number of ether oxygens (including phenoxy) is 2. The lowest BCUT2D eigenvalue weighted by Crippen LogP contribution is -2.22. The van der Waals surface area contributed by atoms with Crippen LogP contribution in [0.4, 0.5) is 0 Å². The largest absolute Gasteiger partial charge is 0.493 e. The standard InChI is InChI=1S/C26H22N2O3S/c1-16-11-20-21(12-17(16)2)28-25(29)24(32-26(28)27-20)14-19-9-10-22(23(13-19)30-3)31-15-18-7-5-4-6-8-18/h4-14H,15H2,1-3H3. The number of benzene rings is 3. The highest BCUT2D eigenvalue weighted by Gasteiger charge is 2.13. The van der Waals surface area contributed by atoms with Crippen molar-refractivity contribution in [2.75, 3.05) is 7.11 Å². The van der Waals surface area contributed by atoms with E-state index in [-0.39, 0.29) is 5.56 Å². The Labute approximate surface area is 189 Å². The Bertz CT molecular complexity index is 1550. The molecule has 6 heteroatoms. The molecule has 0 aliphatic heterocycles. The van der Waals surface area contributed by atoms with Gasteiger partial charge in [0, 0.05) is 0 Å². The molecule has 32 heavy (non-hydrogen) atoms. The monoisotopic (exact) mass is 442 g/mol. The van der Waals surface area contributed by atoms with Gasteiger partial charge in [0.05, 0.1) is 22.7 Å². The van der Waals surface area contributed by atoms with Crippen LogP contribution in [-0.4, -0.2) is 16.5 Å². The number of fused-ring (bicyclic) bond motifs is 3. The van der Waals surface area contributed by atoms with E-state index in [0.717, 1.165) is 27.7 Å². The van der Waals surface area contributed by atoms with Crippen LogP contribution in [0, 0.1) is 13.8 Å². The van der Waals surface area contributed by atoms with Crippen molar-refractivity contribution in [3.05, 3.63) is 97.8 Å². The normalized spacial score (nSPS) is 12.0. The van der Waals surface area contributed by atoms with Crippen LogP contribution >= 0.6 is 11.3 Å². The van der Waals surface area contributed by atoms with Crippen molar-refractivity contribution < 1.29 is 9.47 Å². The van der Waals surface area contributed by atoms with Gasteiger partial charge in [-0.05, 0) is 66.4 Å². The number of hydrogen-bond donors (Lipinski definition) is 0.